The number of nitrogens with one attached hydrogen (secondary N) is 1. The Bertz CT molecular complexity index is 365. The van der Waals surface area contributed by atoms with Crippen LogP contribution in [0.15, 0.2) is 18.3 Å². The second-order valence-corrected chi connectivity index (χ2v) is 4.95. The van der Waals surface area contributed by atoms with Crippen molar-refractivity contribution in [1.29, 1.82) is 5.26 Å². The van der Waals surface area contributed by atoms with E-state index >= 15 is 0 Å². The summed E-state index contributed by atoms with van der Waals surface area (Å²) in [7, 11) is 0. The van der Waals surface area contributed by atoms with E-state index in [0.29, 0.717) is 5.69 Å². The molecule has 0 amide bonds. The molecule has 0 atom stereocenters. The summed E-state index contributed by atoms with van der Waals surface area (Å²) < 4.78 is 0. The van der Waals surface area contributed by atoms with Gasteiger partial charge in [0.2, 0.25) is 0 Å². The first kappa shape index (κ1) is 15.5. The maximum atomic E-state index is 8.65. The Morgan fingerprint density at radius 3 is 2.32 bits per heavy atom. The van der Waals surface area contributed by atoms with Gasteiger partial charge >= 0.3 is 0 Å². The molecule has 0 saturated heterocycles. The molecule has 104 valence electrons. The van der Waals surface area contributed by atoms with Crippen molar-refractivity contribution in [3.05, 3.63) is 24.0 Å². The van der Waals surface area contributed by atoms with Crippen molar-refractivity contribution in [3.63, 3.8) is 0 Å². The first-order chi connectivity index (χ1) is 9.36. The predicted molar refractivity (Wildman–Crippen MR) is 80.1 cm³/mol. The van der Waals surface area contributed by atoms with E-state index in [1.165, 1.54) is 51.4 Å². The lowest BCUT2D eigenvalue weighted by molar-refractivity contribution is 0.581. The van der Waals surface area contributed by atoms with Gasteiger partial charge in [-0.2, -0.15) is 5.26 Å². The standard InChI is InChI=1S/C16H25N3/c1-2-3-4-5-6-7-8-9-12-18-16-11-10-15(13-17)19-14-16/h10-11,14,18H,2-9,12H2,1H3. The molecule has 1 rings (SSSR count). The van der Waals surface area contributed by atoms with Gasteiger partial charge in [0.05, 0.1) is 11.9 Å². The van der Waals surface area contributed by atoms with Crippen LogP contribution in [-0.4, -0.2) is 11.5 Å². The van der Waals surface area contributed by atoms with Crippen LogP contribution in [-0.2, 0) is 0 Å². The summed E-state index contributed by atoms with van der Waals surface area (Å²) >= 11 is 0. The van der Waals surface area contributed by atoms with Gasteiger partial charge in [0.15, 0.2) is 0 Å². The molecule has 0 aliphatic heterocycles. The third kappa shape index (κ3) is 7.46. The Hall–Kier alpha value is -1.56. The summed E-state index contributed by atoms with van der Waals surface area (Å²) in [5.41, 5.74) is 1.47. The topological polar surface area (TPSA) is 48.7 Å². The van der Waals surface area contributed by atoms with Crippen LogP contribution in [0, 0.1) is 11.3 Å². The molecule has 3 heteroatoms. The van der Waals surface area contributed by atoms with Crippen LogP contribution in [0.25, 0.3) is 0 Å². The zero-order chi connectivity index (χ0) is 13.8. The molecule has 1 aromatic rings. The van der Waals surface area contributed by atoms with Gasteiger partial charge < -0.3 is 5.32 Å². The van der Waals surface area contributed by atoms with Crippen LogP contribution in [0.3, 0.4) is 0 Å². The van der Waals surface area contributed by atoms with Crippen LogP contribution in [0.1, 0.15) is 64.0 Å². The molecule has 0 radical (unpaired) electrons. The van der Waals surface area contributed by atoms with Crippen LogP contribution < -0.4 is 5.32 Å². The number of hydrogen-bond donors (Lipinski definition) is 1. The molecule has 1 N–H and O–H groups in total. The molecule has 0 saturated carbocycles. The fourth-order valence-electron chi connectivity index (χ4n) is 2.06. The van der Waals surface area contributed by atoms with Gasteiger partial charge in [0.1, 0.15) is 11.8 Å². The summed E-state index contributed by atoms with van der Waals surface area (Å²) in [6.45, 7) is 3.24. The van der Waals surface area contributed by atoms with Gasteiger partial charge in [-0.3, -0.25) is 0 Å². The number of unbranched alkanes of at least 4 members (excludes halogenated alkanes) is 7. The van der Waals surface area contributed by atoms with E-state index in [2.05, 4.69) is 17.2 Å². The number of rotatable bonds is 10. The molecule has 19 heavy (non-hydrogen) atoms. The summed E-state index contributed by atoms with van der Waals surface area (Å²) in [6.07, 6.45) is 12.4. The summed E-state index contributed by atoms with van der Waals surface area (Å²) in [5, 5.41) is 12.0. The maximum absolute atomic E-state index is 8.65. The predicted octanol–water partition coefficient (Wildman–Crippen LogP) is 4.51. The van der Waals surface area contributed by atoms with Crippen LogP contribution in [0.2, 0.25) is 0 Å². The minimum absolute atomic E-state index is 0.470. The smallest absolute Gasteiger partial charge is 0.140 e. The number of pyridine rings is 1. The van der Waals surface area contributed by atoms with Gasteiger partial charge in [0.25, 0.3) is 0 Å². The molecule has 1 aromatic heterocycles. The Kier molecular flexibility index (Phi) is 8.46. The van der Waals surface area contributed by atoms with Gasteiger partial charge in [-0.15, -0.1) is 0 Å². The highest BCUT2D eigenvalue weighted by atomic mass is 14.9. The van der Waals surface area contributed by atoms with Crippen molar-refractivity contribution in [3.8, 4) is 6.07 Å². The van der Waals surface area contributed by atoms with Gasteiger partial charge in [-0.25, -0.2) is 4.98 Å². The lowest BCUT2D eigenvalue weighted by Gasteiger charge is -2.05. The Labute approximate surface area is 117 Å². The molecular formula is C16H25N3. The van der Waals surface area contributed by atoms with Crippen molar-refractivity contribution in [2.24, 2.45) is 0 Å². The van der Waals surface area contributed by atoms with Crippen molar-refractivity contribution in [2.45, 2.75) is 58.3 Å². The van der Waals surface area contributed by atoms with E-state index in [-0.39, 0.29) is 0 Å². The lowest BCUT2D eigenvalue weighted by Crippen LogP contribution is -2.01. The fraction of sp³-hybridized carbons (Fsp3) is 0.625. The molecule has 3 nitrogen and oxygen atoms in total. The zero-order valence-corrected chi connectivity index (χ0v) is 12.0. The van der Waals surface area contributed by atoms with Crippen LogP contribution >= 0.6 is 0 Å². The van der Waals surface area contributed by atoms with Crippen molar-refractivity contribution < 1.29 is 0 Å². The van der Waals surface area contributed by atoms with Crippen molar-refractivity contribution in [2.75, 3.05) is 11.9 Å². The third-order valence-electron chi connectivity index (χ3n) is 3.24. The monoisotopic (exact) mass is 259 g/mol. The second-order valence-electron chi connectivity index (χ2n) is 4.95. The quantitative estimate of drug-likeness (QED) is 0.629. The average Bonchev–Trinajstić information content (AvgIpc) is 2.46. The molecule has 0 aliphatic rings. The van der Waals surface area contributed by atoms with Gasteiger partial charge in [-0.1, -0.05) is 51.9 Å². The summed E-state index contributed by atoms with van der Waals surface area (Å²) in [4.78, 5) is 4.03. The van der Waals surface area contributed by atoms with Crippen molar-refractivity contribution in [1.82, 2.24) is 4.98 Å². The number of nitriles is 1. The molecule has 0 fully saturated rings. The maximum Gasteiger partial charge on any atom is 0.140 e. The normalized spacial score (nSPS) is 10.1. The van der Waals surface area contributed by atoms with E-state index < -0.39 is 0 Å². The Morgan fingerprint density at radius 1 is 1.05 bits per heavy atom. The van der Waals surface area contributed by atoms with E-state index in [1.54, 1.807) is 12.3 Å². The molecule has 0 aromatic carbocycles. The minimum Gasteiger partial charge on any atom is -0.384 e. The Balaban J connectivity index is 1.97. The van der Waals surface area contributed by atoms with E-state index in [0.717, 1.165) is 12.2 Å². The number of hydrogen-bond acceptors (Lipinski definition) is 3. The van der Waals surface area contributed by atoms with E-state index in [9.17, 15) is 0 Å². The minimum atomic E-state index is 0.470. The van der Waals surface area contributed by atoms with Crippen molar-refractivity contribution >= 4 is 5.69 Å². The van der Waals surface area contributed by atoms with E-state index in [1.807, 2.05) is 12.1 Å². The highest BCUT2D eigenvalue weighted by Gasteiger charge is 1.95. The molecule has 0 spiro atoms. The van der Waals surface area contributed by atoms with Gasteiger partial charge in [-0.05, 0) is 18.6 Å². The van der Waals surface area contributed by atoms with Crippen LogP contribution in [0.4, 0.5) is 5.69 Å². The third-order valence-corrected chi connectivity index (χ3v) is 3.24. The first-order valence-corrected chi connectivity index (χ1v) is 7.47. The molecule has 1 heterocycles. The zero-order valence-electron chi connectivity index (χ0n) is 12.0. The summed E-state index contributed by atoms with van der Waals surface area (Å²) in [5.74, 6) is 0. The molecule has 0 aliphatic carbocycles. The van der Waals surface area contributed by atoms with Gasteiger partial charge in [0, 0.05) is 6.54 Å². The Morgan fingerprint density at radius 2 is 1.74 bits per heavy atom. The SMILES string of the molecule is CCCCCCCCCCNc1ccc(C#N)nc1. The fourth-order valence-corrected chi connectivity index (χ4v) is 2.06. The average molecular weight is 259 g/mol. The second kappa shape index (κ2) is 10.4. The number of aromatic nitrogens is 1. The lowest BCUT2D eigenvalue weighted by atomic mass is 10.1. The number of anilines is 1. The van der Waals surface area contributed by atoms with Crippen LogP contribution in [0.5, 0.6) is 0 Å². The first-order valence-electron chi connectivity index (χ1n) is 7.47. The largest absolute Gasteiger partial charge is 0.384 e. The highest BCUT2D eigenvalue weighted by Crippen LogP contribution is 2.09. The van der Waals surface area contributed by atoms with E-state index in [4.69, 9.17) is 5.26 Å². The highest BCUT2D eigenvalue weighted by molar-refractivity contribution is 5.42. The molecular weight excluding hydrogens is 234 g/mol. The summed E-state index contributed by atoms with van der Waals surface area (Å²) in [6, 6.07) is 5.68. The molecule has 0 unspecified atom stereocenters. The molecule has 0 bridgehead atoms. The number of nitrogens with zero attached hydrogens (tertiary/aromatic N) is 2.